The summed E-state index contributed by atoms with van der Waals surface area (Å²) in [5.74, 6) is 0. The van der Waals surface area contributed by atoms with E-state index in [2.05, 4.69) is 15.9 Å². The summed E-state index contributed by atoms with van der Waals surface area (Å²) in [4.78, 5) is 0. The van der Waals surface area contributed by atoms with Gasteiger partial charge in [0.2, 0.25) is 0 Å². The van der Waals surface area contributed by atoms with Crippen molar-refractivity contribution >= 4 is 15.9 Å². The highest BCUT2D eigenvalue weighted by molar-refractivity contribution is 9.10. The van der Waals surface area contributed by atoms with Crippen LogP contribution in [0.25, 0.3) is 0 Å². The molecule has 1 N–H and O–H groups in total. The molecule has 16 heavy (non-hydrogen) atoms. The van der Waals surface area contributed by atoms with Gasteiger partial charge in [-0.3, -0.25) is 0 Å². The van der Waals surface area contributed by atoms with E-state index in [0.29, 0.717) is 12.8 Å². The zero-order valence-electron chi connectivity index (χ0n) is 8.77. The minimum atomic E-state index is -0.369. The van der Waals surface area contributed by atoms with Crippen LogP contribution in [0, 0.1) is 0 Å². The number of hydrogen-bond donors (Lipinski definition) is 1. The van der Waals surface area contributed by atoms with Gasteiger partial charge in [-0.2, -0.15) is 0 Å². The van der Waals surface area contributed by atoms with Crippen LogP contribution in [0.1, 0.15) is 11.1 Å². The van der Waals surface area contributed by atoms with Crippen molar-refractivity contribution in [1.82, 2.24) is 0 Å². The highest BCUT2D eigenvalue weighted by Gasteiger charge is 2.07. The number of rotatable bonds is 4. The molecule has 84 valence electrons. The lowest BCUT2D eigenvalue weighted by Gasteiger charge is -2.09. The van der Waals surface area contributed by atoms with Crippen LogP contribution in [0.5, 0.6) is 0 Å². The van der Waals surface area contributed by atoms with Gasteiger partial charge in [-0.1, -0.05) is 28.1 Å². The van der Waals surface area contributed by atoms with Crippen molar-refractivity contribution < 1.29 is 9.52 Å². The maximum Gasteiger partial charge on any atom is 0.0935 e. The molecule has 0 amide bonds. The average Bonchev–Trinajstić information content (AvgIpc) is 2.70. The molecule has 0 saturated heterocycles. The molecule has 0 aliphatic carbocycles. The maximum atomic E-state index is 9.91. The lowest BCUT2D eigenvalue weighted by molar-refractivity contribution is 0.175. The smallest absolute Gasteiger partial charge is 0.0935 e. The molecule has 1 aromatic carbocycles. The van der Waals surface area contributed by atoms with E-state index in [0.717, 1.165) is 15.6 Å². The third kappa shape index (κ3) is 3.22. The fraction of sp³-hybridized carbons (Fsp3) is 0.231. The minimum Gasteiger partial charge on any atom is -0.472 e. The predicted octanol–water partition coefficient (Wildman–Crippen LogP) is 3.19. The van der Waals surface area contributed by atoms with Gasteiger partial charge in [0.05, 0.1) is 18.6 Å². The normalized spacial score (nSPS) is 12.6. The lowest BCUT2D eigenvalue weighted by Crippen LogP contribution is -2.13. The van der Waals surface area contributed by atoms with Crippen LogP contribution in [0.3, 0.4) is 0 Å². The van der Waals surface area contributed by atoms with Gasteiger partial charge in [0, 0.05) is 10.9 Å². The number of aliphatic hydroxyl groups is 1. The standard InChI is InChI=1S/C13H13BrO2/c14-12-3-1-2-10(6-12)7-13(15)8-11-4-5-16-9-11/h1-6,9,13,15H,7-8H2. The van der Waals surface area contributed by atoms with Crippen molar-refractivity contribution in [2.24, 2.45) is 0 Å². The first kappa shape index (κ1) is 11.4. The van der Waals surface area contributed by atoms with Gasteiger partial charge in [-0.15, -0.1) is 0 Å². The fourth-order valence-electron chi connectivity index (χ4n) is 1.69. The van der Waals surface area contributed by atoms with E-state index in [1.807, 2.05) is 30.3 Å². The molecule has 0 aliphatic heterocycles. The summed E-state index contributed by atoms with van der Waals surface area (Å²) in [6.07, 6.45) is 4.21. The molecule has 2 nitrogen and oxygen atoms in total. The van der Waals surface area contributed by atoms with Crippen molar-refractivity contribution in [3.8, 4) is 0 Å². The van der Waals surface area contributed by atoms with Crippen LogP contribution in [0.2, 0.25) is 0 Å². The Kier molecular flexibility index (Phi) is 3.80. The Morgan fingerprint density at radius 1 is 1.19 bits per heavy atom. The van der Waals surface area contributed by atoms with E-state index in [-0.39, 0.29) is 6.10 Å². The van der Waals surface area contributed by atoms with Crippen LogP contribution in [0.4, 0.5) is 0 Å². The molecule has 0 spiro atoms. The second kappa shape index (κ2) is 5.32. The molecule has 1 atom stereocenters. The zero-order chi connectivity index (χ0) is 11.4. The quantitative estimate of drug-likeness (QED) is 0.933. The van der Waals surface area contributed by atoms with Crippen molar-refractivity contribution in [1.29, 1.82) is 0 Å². The van der Waals surface area contributed by atoms with Crippen molar-refractivity contribution in [2.75, 3.05) is 0 Å². The third-order valence-corrected chi connectivity index (χ3v) is 2.91. The molecule has 0 bridgehead atoms. The first-order chi connectivity index (χ1) is 7.74. The largest absolute Gasteiger partial charge is 0.472 e. The molecule has 2 rings (SSSR count). The summed E-state index contributed by atoms with van der Waals surface area (Å²) in [5, 5.41) is 9.91. The van der Waals surface area contributed by atoms with E-state index in [1.165, 1.54) is 0 Å². The summed E-state index contributed by atoms with van der Waals surface area (Å²) >= 11 is 3.42. The topological polar surface area (TPSA) is 33.4 Å². The summed E-state index contributed by atoms with van der Waals surface area (Å²) in [6, 6.07) is 9.88. The van der Waals surface area contributed by atoms with Gasteiger partial charge in [-0.05, 0) is 35.7 Å². The molecule has 1 unspecified atom stereocenters. The maximum absolute atomic E-state index is 9.91. The average molecular weight is 281 g/mol. The first-order valence-corrected chi connectivity index (χ1v) is 5.97. The van der Waals surface area contributed by atoms with Crippen LogP contribution in [-0.2, 0) is 12.8 Å². The number of halogens is 1. The molecular weight excluding hydrogens is 268 g/mol. The highest BCUT2D eigenvalue weighted by Crippen LogP contribution is 2.14. The molecule has 1 heterocycles. The molecule has 1 aromatic heterocycles. The Labute approximate surface area is 103 Å². The van der Waals surface area contributed by atoms with Gasteiger partial charge in [0.25, 0.3) is 0 Å². The molecule has 0 aliphatic rings. The Morgan fingerprint density at radius 2 is 2.00 bits per heavy atom. The van der Waals surface area contributed by atoms with Crippen LogP contribution >= 0.6 is 15.9 Å². The van der Waals surface area contributed by atoms with Gasteiger partial charge < -0.3 is 9.52 Å². The summed E-state index contributed by atoms with van der Waals surface area (Å²) in [7, 11) is 0. The molecule has 0 saturated carbocycles. The fourth-order valence-corrected chi connectivity index (χ4v) is 2.14. The van der Waals surface area contributed by atoms with Crippen molar-refractivity contribution in [3.05, 3.63) is 58.5 Å². The van der Waals surface area contributed by atoms with Crippen LogP contribution in [0.15, 0.2) is 51.7 Å². The number of benzene rings is 1. The second-order valence-electron chi connectivity index (χ2n) is 3.82. The third-order valence-electron chi connectivity index (χ3n) is 2.41. The summed E-state index contributed by atoms with van der Waals surface area (Å²) in [6.45, 7) is 0. The number of furan rings is 1. The first-order valence-electron chi connectivity index (χ1n) is 5.17. The molecule has 3 heteroatoms. The summed E-state index contributed by atoms with van der Waals surface area (Å²) in [5.41, 5.74) is 2.16. The van der Waals surface area contributed by atoms with E-state index >= 15 is 0 Å². The zero-order valence-corrected chi connectivity index (χ0v) is 10.4. The predicted molar refractivity (Wildman–Crippen MR) is 66.3 cm³/mol. The van der Waals surface area contributed by atoms with E-state index in [4.69, 9.17) is 4.42 Å². The monoisotopic (exact) mass is 280 g/mol. The second-order valence-corrected chi connectivity index (χ2v) is 4.74. The minimum absolute atomic E-state index is 0.369. The molecular formula is C13H13BrO2. The van der Waals surface area contributed by atoms with Gasteiger partial charge in [0.1, 0.15) is 0 Å². The Morgan fingerprint density at radius 3 is 2.69 bits per heavy atom. The van der Waals surface area contributed by atoms with E-state index < -0.39 is 0 Å². The molecule has 2 aromatic rings. The Hall–Kier alpha value is -1.06. The Balaban J connectivity index is 1.94. The van der Waals surface area contributed by atoms with Gasteiger partial charge in [-0.25, -0.2) is 0 Å². The molecule has 0 radical (unpaired) electrons. The number of aliphatic hydroxyl groups excluding tert-OH is 1. The van der Waals surface area contributed by atoms with E-state index in [9.17, 15) is 5.11 Å². The van der Waals surface area contributed by atoms with E-state index in [1.54, 1.807) is 12.5 Å². The van der Waals surface area contributed by atoms with Crippen LogP contribution in [-0.4, -0.2) is 11.2 Å². The number of hydrogen-bond acceptors (Lipinski definition) is 2. The van der Waals surface area contributed by atoms with Crippen molar-refractivity contribution in [2.45, 2.75) is 18.9 Å². The van der Waals surface area contributed by atoms with Crippen LogP contribution < -0.4 is 0 Å². The molecule has 0 fully saturated rings. The van der Waals surface area contributed by atoms with Gasteiger partial charge in [0.15, 0.2) is 0 Å². The summed E-state index contributed by atoms with van der Waals surface area (Å²) < 4.78 is 6.01. The SMILES string of the molecule is OC(Cc1ccoc1)Cc1cccc(Br)c1. The van der Waals surface area contributed by atoms with Gasteiger partial charge >= 0.3 is 0 Å². The Bertz CT molecular complexity index is 437. The lowest BCUT2D eigenvalue weighted by atomic mass is 10.0. The van der Waals surface area contributed by atoms with Crippen molar-refractivity contribution in [3.63, 3.8) is 0 Å². The highest BCUT2D eigenvalue weighted by atomic mass is 79.9.